The molecular formula is C13H14ClN3O2. The molecule has 1 amide bonds. The Labute approximate surface area is 116 Å². The van der Waals surface area contributed by atoms with Crippen LogP contribution in [0.1, 0.15) is 0 Å². The van der Waals surface area contributed by atoms with E-state index in [4.69, 9.17) is 21.6 Å². The van der Waals surface area contributed by atoms with Crippen molar-refractivity contribution in [2.45, 2.75) is 0 Å². The molecule has 0 spiro atoms. The SMILES string of the molecule is COCCN/C=C(/C#N)C(=O)Nc1ccc(Cl)cc1. The zero-order chi connectivity index (χ0) is 14.1. The lowest BCUT2D eigenvalue weighted by Crippen LogP contribution is -2.18. The topological polar surface area (TPSA) is 74.1 Å². The van der Waals surface area contributed by atoms with Crippen LogP contribution in [0.3, 0.4) is 0 Å². The molecule has 0 atom stereocenters. The average molecular weight is 280 g/mol. The first-order chi connectivity index (χ1) is 9.17. The summed E-state index contributed by atoms with van der Waals surface area (Å²) < 4.78 is 4.84. The molecule has 0 aromatic heterocycles. The molecule has 0 aliphatic heterocycles. The molecule has 6 heteroatoms. The molecular weight excluding hydrogens is 266 g/mol. The minimum atomic E-state index is -0.477. The molecule has 0 bridgehead atoms. The summed E-state index contributed by atoms with van der Waals surface area (Å²) >= 11 is 5.74. The summed E-state index contributed by atoms with van der Waals surface area (Å²) in [5, 5.41) is 14.9. The van der Waals surface area contributed by atoms with Gasteiger partial charge in [0.25, 0.3) is 5.91 Å². The minimum absolute atomic E-state index is 0.00828. The summed E-state index contributed by atoms with van der Waals surface area (Å²) in [6.07, 6.45) is 1.37. The molecule has 0 unspecified atom stereocenters. The quantitative estimate of drug-likeness (QED) is 0.474. The van der Waals surface area contributed by atoms with Crippen molar-refractivity contribution >= 4 is 23.2 Å². The average Bonchev–Trinajstić information content (AvgIpc) is 2.41. The highest BCUT2D eigenvalue weighted by Gasteiger charge is 2.08. The van der Waals surface area contributed by atoms with Gasteiger partial charge in [0.1, 0.15) is 11.6 Å². The number of hydrogen-bond acceptors (Lipinski definition) is 4. The second kappa shape index (κ2) is 8.14. The Hall–Kier alpha value is -2.03. The lowest BCUT2D eigenvalue weighted by molar-refractivity contribution is -0.112. The van der Waals surface area contributed by atoms with Crippen LogP contribution in [0.5, 0.6) is 0 Å². The van der Waals surface area contributed by atoms with Gasteiger partial charge in [-0.15, -0.1) is 0 Å². The summed E-state index contributed by atoms with van der Waals surface area (Å²) in [6.45, 7) is 1.02. The molecule has 0 aliphatic rings. The van der Waals surface area contributed by atoms with Gasteiger partial charge in [0, 0.05) is 30.6 Å². The van der Waals surface area contributed by atoms with E-state index in [2.05, 4.69) is 10.6 Å². The van der Waals surface area contributed by atoms with E-state index in [1.807, 2.05) is 6.07 Å². The lowest BCUT2D eigenvalue weighted by Gasteiger charge is -2.05. The summed E-state index contributed by atoms with van der Waals surface area (Å²) in [4.78, 5) is 11.8. The van der Waals surface area contributed by atoms with E-state index in [-0.39, 0.29) is 5.57 Å². The number of anilines is 1. The number of carbonyl (C=O) groups is 1. The predicted molar refractivity (Wildman–Crippen MR) is 73.7 cm³/mol. The van der Waals surface area contributed by atoms with Crippen LogP contribution >= 0.6 is 11.6 Å². The molecule has 2 N–H and O–H groups in total. The first kappa shape index (κ1) is 15.0. The van der Waals surface area contributed by atoms with Crippen LogP contribution in [-0.4, -0.2) is 26.2 Å². The number of nitrogens with one attached hydrogen (secondary N) is 2. The van der Waals surface area contributed by atoms with Gasteiger partial charge in [0.15, 0.2) is 0 Å². The maximum atomic E-state index is 11.8. The number of nitrogens with zero attached hydrogens (tertiary/aromatic N) is 1. The highest BCUT2D eigenvalue weighted by molar-refractivity contribution is 6.30. The summed E-state index contributed by atoms with van der Waals surface area (Å²) in [5.74, 6) is -0.477. The van der Waals surface area contributed by atoms with E-state index in [1.54, 1.807) is 31.4 Å². The zero-order valence-corrected chi connectivity index (χ0v) is 11.2. The number of halogens is 1. The second-order valence-corrected chi connectivity index (χ2v) is 4.01. The molecule has 1 aromatic carbocycles. The lowest BCUT2D eigenvalue weighted by atomic mass is 10.2. The van der Waals surface area contributed by atoms with Crippen LogP contribution in [0.2, 0.25) is 5.02 Å². The van der Waals surface area contributed by atoms with Crippen LogP contribution in [0.25, 0.3) is 0 Å². The monoisotopic (exact) mass is 279 g/mol. The largest absolute Gasteiger partial charge is 0.387 e. The van der Waals surface area contributed by atoms with Crippen molar-refractivity contribution in [2.75, 3.05) is 25.6 Å². The molecule has 0 fully saturated rings. The van der Waals surface area contributed by atoms with Crippen LogP contribution in [0.15, 0.2) is 36.0 Å². The summed E-state index contributed by atoms with van der Waals surface area (Å²) in [7, 11) is 1.57. The Kier molecular flexibility index (Phi) is 6.44. The van der Waals surface area contributed by atoms with E-state index >= 15 is 0 Å². The van der Waals surface area contributed by atoms with E-state index < -0.39 is 5.91 Å². The van der Waals surface area contributed by atoms with Crippen LogP contribution in [0.4, 0.5) is 5.69 Å². The Balaban J connectivity index is 2.59. The molecule has 0 heterocycles. The smallest absolute Gasteiger partial charge is 0.267 e. The molecule has 0 saturated carbocycles. The van der Waals surface area contributed by atoms with Crippen molar-refractivity contribution in [3.05, 3.63) is 41.1 Å². The standard InChI is InChI=1S/C13H14ClN3O2/c1-19-7-6-16-9-10(8-15)13(18)17-12-4-2-11(14)3-5-12/h2-5,9,16H,6-7H2,1H3,(H,17,18)/b10-9-. The fourth-order valence-electron chi connectivity index (χ4n) is 1.22. The van der Waals surface area contributed by atoms with Crippen molar-refractivity contribution in [3.63, 3.8) is 0 Å². The Morgan fingerprint density at radius 3 is 2.74 bits per heavy atom. The predicted octanol–water partition coefficient (Wildman–Crippen LogP) is 1.92. The van der Waals surface area contributed by atoms with Gasteiger partial charge in [-0.05, 0) is 24.3 Å². The molecule has 0 saturated heterocycles. The Morgan fingerprint density at radius 1 is 1.47 bits per heavy atom. The second-order valence-electron chi connectivity index (χ2n) is 3.58. The molecule has 100 valence electrons. The minimum Gasteiger partial charge on any atom is -0.387 e. The van der Waals surface area contributed by atoms with Crippen molar-refractivity contribution in [1.29, 1.82) is 5.26 Å². The van der Waals surface area contributed by atoms with Gasteiger partial charge in [-0.2, -0.15) is 5.26 Å². The number of ether oxygens (including phenoxy) is 1. The van der Waals surface area contributed by atoms with E-state index in [0.29, 0.717) is 23.9 Å². The highest BCUT2D eigenvalue weighted by Crippen LogP contribution is 2.13. The van der Waals surface area contributed by atoms with Gasteiger partial charge in [-0.1, -0.05) is 11.6 Å². The van der Waals surface area contributed by atoms with Crippen molar-refractivity contribution in [3.8, 4) is 6.07 Å². The number of carbonyl (C=O) groups excluding carboxylic acids is 1. The number of nitriles is 1. The van der Waals surface area contributed by atoms with Crippen molar-refractivity contribution in [1.82, 2.24) is 5.32 Å². The number of rotatable bonds is 6. The maximum absolute atomic E-state index is 11.8. The highest BCUT2D eigenvalue weighted by atomic mass is 35.5. The van der Waals surface area contributed by atoms with Gasteiger partial charge >= 0.3 is 0 Å². The van der Waals surface area contributed by atoms with Gasteiger partial charge < -0.3 is 15.4 Å². The van der Waals surface area contributed by atoms with E-state index in [9.17, 15) is 4.79 Å². The van der Waals surface area contributed by atoms with Gasteiger partial charge in [0.05, 0.1) is 6.61 Å². The van der Waals surface area contributed by atoms with Crippen molar-refractivity contribution < 1.29 is 9.53 Å². The van der Waals surface area contributed by atoms with E-state index in [0.717, 1.165) is 0 Å². The number of hydrogen-bond donors (Lipinski definition) is 2. The number of amides is 1. The number of benzene rings is 1. The number of methoxy groups -OCH3 is 1. The Bertz CT molecular complexity index is 492. The maximum Gasteiger partial charge on any atom is 0.267 e. The molecule has 19 heavy (non-hydrogen) atoms. The fraction of sp³-hybridized carbons (Fsp3) is 0.231. The fourth-order valence-corrected chi connectivity index (χ4v) is 1.34. The van der Waals surface area contributed by atoms with Crippen molar-refractivity contribution in [2.24, 2.45) is 0 Å². The molecule has 5 nitrogen and oxygen atoms in total. The van der Waals surface area contributed by atoms with Gasteiger partial charge in [-0.25, -0.2) is 0 Å². The van der Waals surface area contributed by atoms with Crippen LogP contribution < -0.4 is 10.6 Å². The first-order valence-corrected chi connectivity index (χ1v) is 5.94. The third-order valence-corrected chi connectivity index (χ3v) is 2.42. The van der Waals surface area contributed by atoms with Crippen LogP contribution in [0, 0.1) is 11.3 Å². The van der Waals surface area contributed by atoms with Gasteiger partial charge in [-0.3, -0.25) is 4.79 Å². The Morgan fingerprint density at radius 2 is 2.16 bits per heavy atom. The zero-order valence-electron chi connectivity index (χ0n) is 10.4. The molecule has 1 rings (SSSR count). The van der Waals surface area contributed by atoms with Gasteiger partial charge in [0.2, 0.25) is 0 Å². The molecule has 1 aromatic rings. The van der Waals surface area contributed by atoms with E-state index in [1.165, 1.54) is 6.20 Å². The molecule has 0 aliphatic carbocycles. The summed E-state index contributed by atoms with van der Waals surface area (Å²) in [5.41, 5.74) is 0.568. The third-order valence-electron chi connectivity index (χ3n) is 2.16. The summed E-state index contributed by atoms with van der Waals surface area (Å²) in [6, 6.07) is 8.46. The first-order valence-electron chi connectivity index (χ1n) is 5.57. The van der Waals surface area contributed by atoms with Crippen LogP contribution in [-0.2, 0) is 9.53 Å². The molecule has 0 radical (unpaired) electrons. The third kappa shape index (κ3) is 5.42. The normalized spacial score (nSPS) is 10.7.